The van der Waals surface area contributed by atoms with Gasteiger partial charge in [0.1, 0.15) is 0 Å². The van der Waals surface area contributed by atoms with Crippen molar-refractivity contribution < 1.29 is 4.79 Å². The molecule has 3 heteroatoms. The molecule has 0 aromatic heterocycles. The number of thiol groups is 1. The van der Waals surface area contributed by atoms with E-state index in [-0.39, 0.29) is 11.2 Å². The molecule has 0 saturated carbocycles. The minimum absolute atomic E-state index is 0.0270. The van der Waals surface area contributed by atoms with E-state index in [2.05, 4.69) is 31.8 Å². The molecule has 1 N–H and O–H groups in total. The Morgan fingerprint density at radius 2 is 1.88 bits per heavy atom. The molecule has 1 atom stereocenters. The highest BCUT2D eigenvalue weighted by molar-refractivity contribution is 7.81. The molecule has 0 aliphatic rings. The number of benzene rings is 1. The van der Waals surface area contributed by atoms with E-state index in [1.165, 1.54) is 5.56 Å². The molecule has 0 aliphatic heterocycles. The maximum absolute atomic E-state index is 11.7. The standard InChI is InChI=1S/C13H19NOS/c1-9(2)8-12(16)13(15)14-11-6-4-10(3)5-7-11/h4-7,9,12,16H,8H2,1-3H3,(H,14,15). The zero-order valence-corrected chi connectivity index (χ0v) is 10.9. The maximum atomic E-state index is 11.7. The van der Waals surface area contributed by atoms with Gasteiger partial charge in [0.25, 0.3) is 0 Å². The van der Waals surface area contributed by atoms with Gasteiger partial charge < -0.3 is 5.32 Å². The molecule has 0 fully saturated rings. The highest BCUT2D eigenvalue weighted by Crippen LogP contribution is 2.14. The van der Waals surface area contributed by atoms with Gasteiger partial charge in [-0.3, -0.25) is 4.79 Å². The van der Waals surface area contributed by atoms with E-state index >= 15 is 0 Å². The summed E-state index contributed by atoms with van der Waals surface area (Å²) in [6, 6.07) is 7.77. The number of carbonyl (C=O) groups excluding carboxylic acids is 1. The first kappa shape index (κ1) is 13.1. The van der Waals surface area contributed by atoms with Crippen molar-refractivity contribution in [3.8, 4) is 0 Å². The Bertz CT molecular complexity index is 345. The molecular weight excluding hydrogens is 218 g/mol. The average Bonchev–Trinajstić information content (AvgIpc) is 2.20. The molecule has 0 aliphatic carbocycles. The summed E-state index contributed by atoms with van der Waals surface area (Å²) in [7, 11) is 0. The third-order valence-corrected chi connectivity index (χ3v) is 2.76. The zero-order valence-electron chi connectivity index (χ0n) is 10.0. The molecule has 1 aromatic carbocycles. The molecule has 88 valence electrons. The van der Waals surface area contributed by atoms with Gasteiger partial charge in [-0.15, -0.1) is 0 Å². The van der Waals surface area contributed by atoms with Crippen LogP contribution in [0.15, 0.2) is 24.3 Å². The summed E-state index contributed by atoms with van der Waals surface area (Å²) in [5.74, 6) is 0.451. The van der Waals surface area contributed by atoms with E-state index in [4.69, 9.17) is 0 Å². The van der Waals surface area contributed by atoms with Gasteiger partial charge in [-0.25, -0.2) is 0 Å². The lowest BCUT2D eigenvalue weighted by atomic mass is 10.1. The van der Waals surface area contributed by atoms with Crippen molar-refractivity contribution in [2.75, 3.05) is 5.32 Å². The van der Waals surface area contributed by atoms with Gasteiger partial charge in [-0.1, -0.05) is 31.5 Å². The van der Waals surface area contributed by atoms with E-state index in [1.807, 2.05) is 31.2 Å². The molecule has 16 heavy (non-hydrogen) atoms. The first-order valence-electron chi connectivity index (χ1n) is 5.54. The second-order valence-electron chi connectivity index (χ2n) is 4.50. The summed E-state index contributed by atoms with van der Waals surface area (Å²) >= 11 is 4.30. The summed E-state index contributed by atoms with van der Waals surface area (Å²) in [6.07, 6.45) is 0.792. The average molecular weight is 237 g/mol. The Hall–Kier alpha value is -0.960. The number of rotatable bonds is 4. The Morgan fingerprint density at radius 1 is 1.31 bits per heavy atom. The van der Waals surface area contributed by atoms with Crippen LogP contribution >= 0.6 is 12.6 Å². The molecule has 0 bridgehead atoms. The molecule has 1 rings (SSSR count). The zero-order chi connectivity index (χ0) is 12.1. The largest absolute Gasteiger partial charge is 0.325 e. The number of aryl methyl sites for hydroxylation is 1. The highest BCUT2D eigenvalue weighted by Gasteiger charge is 2.15. The third kappa shape index (κ3) is 4.27. The van der Waals surface area contributed by atoms with Crippen LogP contribution in [-0.2, 0) is 4.79 Å². The summed E-state index contributed by atoms with van der Waals surface area (Å²) in [5, 5.41) is 2.62. The fraction of sp³-hybridized carbons (Fsp3) is 0.462. The van der Waals surface area contributed by atoms with Gasteiger partial charge in [0.15, 0.2) is 0 Å². The first-order chi connectivity index (χ1) is 7.49. The van der Waals surface area contributed by atoms with Crippen molar-refractivity contribution in [3.05, 3.63) is 29.8 Å². The molecule has 0 spiro atoms. The van der Waals surface area contributed by atoms with Crippen molar-refractivity contribution >= 4 is 24.2 Å². The lowest BCUT2D eigenvalue weighted by molar-refractivity contribution is -0.115. The smallest absolute Gasteiger partial charge is 0.237 e. The molecule has 1 amide bonds. The van der Waals surface area contributed by atoms with Crippen molar-refractivity contribution in [3.63, 3.8) is 0 Å². The predicted octanol–water partition coefficient (Wildman–Crippen LogP) is 3.28. The van der Waals surface area contributed by atoms with E-state index in [1.54, 1.807) is 0 Å². The normalized spacial score (nSPS) is 12.6. The minimum atomic E-state index is -0.235. The summed E-state index contributed by atoms with van der Waals surface area (Å²) in [4.78, 5) is 11.7. The van der Waals surface area contributed by atoms with Crippen molar-refractivity contribution in [2.45, 2.75) is 32.4 Å². The number of carbonyl (C=O) groups is 1. The SMILES string of the molecule is Cc1ccc(NC(=O)C(S)CC(C)C)cc1. The number of nitrogens with one attached hydrogen (secondary N) is 1. The maximum Gasteiger partial charge on any atom is 0.237 e. The van der Waals surface area contributed by atoms with Gasteiger partial charge in [0.05, 0.1) is 5.25 Å². The molecule has 1 unspecified atom stereocenters. The van der Waals surface area contributed by atoms with Gasteiger partial charge in [-0.05, 0) is 31.4 Å². The molecule has 0 heterocycles. The number of anilines is 1. The van der Waals surface area contributed by atoms with Gasteiger partial charge in [-0.2, -0.15) is 12.6 Å². The lowest BCUT2D eigenvalue weighted by Crippen LogP contribution is -2.24. The molecule has 0 saturated heterocycles. The molecule has 2 nitrogen and oxygen atoms in total. The van der Waals surface area contributed by atoms with Crippen molar-refractivity contribution in [2.24, 2.45) is 5.92 Å². The highest BCUT2D eigenvalue weighted by atomic mass is 32.1. The minimum Gasteiger partial charge on any atom is -0.325 e. The van der Waals surface area contributed by atoms with Crippen molar-refractivity contribution in [1.29, 1.82) is 0 Å². The fourth-order valence-electron chi connectivity index (χ4n) is 1.42. The second-order valence-corrected chi connectivity index (χ2v) is 5.12. The van der Waals surface area contributed by atoms with Crippen LogP contribution in [0.2, 0.25) is 0 Å². The number of hydrogen-bond donors (Lipinski definition) is 2. The fourth-order valence-corrected chi connectivity index (χ4v) is 1.90. The topological polar surface area (TPSA) is 29.1 Å². The summed E-state index contributed by atoms with van der Waals surface area (Å²) < 4.78 is 0. The Kier molecular flexibility index (Phi) is 4.87. The second kappa shape index (κ2) is 5.94. The van der Waals surface area contributed by atoms with Crippen LogP contribution < -0.4 is 5.32 Å². The Morgan fingerprint density at radius 3 is 2.38 bits per heavy atom. The molecule has 0 radical (unpaired) electrons. The lowest BCUT2D eigenvalue weighted by Gasteiger charge is -2.13. The van der Waals surface area contributed by atoms with Crippen LogP contribution in [0.25, 0.3) is 0 Å². The van der Waals surface area contributed by atoms with E-state index in [0.29, 0.717) is 5.92 Å². The van der Waals surface area contributed by atoms with Crippen LogP contribution in [0.5, 0.6) is 0 Å². The molecule has 1 aromatic rings. The quantitative estimate of drug-likeness (QED) is 0.773. The van der Waals surface area contributed by atoms with Gasteiger partial charge in [0, 0.05) is 5.69 Å². The third-order valence-electron chi connectivity index (χ3n) is 2.32. The van der Waals surface area contributed by atoms with Crippen LogP contribution in [-0.4, -0.2) is 11.2 Å². The van der Waals surface area contributed by atoms with Gasteiger partial charge >= 0.3 is 0 Å². The number of hydrogen-bond acceptors (Lipinski definition) is 2. The van der Waals surface area contributed by atoms with Crippen LogP contribution in [0.3, 0.4) is 0 Å². The molecular formula is C13H19NOS. The Balaban J connectivity index is 2.54. The predicted molar refractivity (Wildman–Crippen MR) is 72.0 cm³/mol. The number of amides is 1. The van der Waals surface area contributed by atoms with Crippen molar-refractivity contribution in [1.82, 2.24) is 0 Å². The van der Waals surface area contributed by atoms with Crippen LogP contribution in [0.1, 0.15) is 25.8 Å². The summed E-state index contributed by atoms with van der Waals surface area (Å²) in [5.41, 5.74) is 2.01. The van der Waals surface area contributed by atoms with Crippen LogP contribution in [0, 0.1) is 12.8 Å². The summed E-state index contributed by atoms with van der Waals surface area (Å²) in [6.45, 7) is 6.19. The van der Waals surface area contributed by atoms with E-state index in [9.17, 15) is 4.79 Å². The first-order valence-corrected chi connectivity index (χ1v) is 6.06. The van der Waals surface area contributed by atoms with E-state index < -0.39 is 0 Å². The van der Waals surface area contributed by atoms with E-state index in [0.717, 1.165) is 12.1 Å². The Labute approximate surface area is 103 Å². The van der Waals surface area contributed by atoms with Crippen LogP contribution in [0.4, 0.5) is 5.69 Å². The monoisotopic (exact) mass is 237 g/mol. The van der Waals surface area contributed by atoms with Gasteiger partial charge in [0.2, 0.25) is 5.91 Å².